The number of nitriles is 1. The number of carboxylic acid groups (broad SMARTS) is 1. The van der Waals surface area contributed by atoms with E-state index in [-0.39, 0.29) is 13.0 Å². The third-order valence-corrected chi connectivity index (χ3v) is 3.30. The molecular weight excluding hydrogens is 308 g/mol. The van der Waals surface area contributed by atoms with Crippen LogP contribution in [0.2, 0.25) is 0 Å². The summed E-state index contributed by atoms with van der Waals surface area (Å²) < 4.78 is 5.11. The molecule has 6 heteroatoms. The molecule has 0 aliphatic heterocycles. The monoisotopic (exact) mass is 324 g/mol. The van der Waals surface area contributed by atoms with E-state index in [1.54, 1.807) is 24.3 Å². The van der Waals surface area contributed by atoms with E-state index in [4.69, 9.17) is 15.1 Å². The van der Waals surface area contributed by atoms with E-state index in [9.17, 15) is 9.59 Å². The van der Waals surface area contributed by atoms with Gasteiger partial charge in [-0.1, -0.05) is 42.5 Å². The van der Waals surface area contributed by atoms with E-state index in [0.29, 0.717) is 11.1 Å². The molecule has 0 aromatic heterocycles. The maximum Gasteiger partial charge on any atom is 0.407 e. The number of hydrogen-bond donors (Lipinski definition) is 2. The van der Waals surface area contributed by atoms with Gasteiger partial charge in [0.2, 0.25) is 0 Å². The zero-order valence-corrected chi connectivity index (χ0v) is 12.8. The molecule has 0 radical (unpaired) electrons. The normalized spacial score (nSPS) is 11.1. The van der Waals surface area contributed by atoms with E-state index in [1.165, 1.54) is 0 Å². The van der Waals surface area contributed by atoms with Gasteiger partial charge in [-0.05, 0) is 23.3 Å². The molecule has 122 valence electrons. The van der Waals surface area contributed by atoms with Crippen molar-refractivity contribution in [3.63, 3.8) is 0 Å². The zero-order valence-electron chi connectivity index (χ0n) is 12.8. The first-order valence-corrected chi connectivity index (χ1v) is 7.27. The number of alkyl carbamates (subject to hydrolysis) is 1. The lowest BCUT2D eigenvalue weighted by Gasteiger charge is -2.17. The van der Waals surface area contributed by atoms with Crippen molar-refractivity contribution in [2.24, 2.45) is 0 Å². The van der Waals surface area contributed by atoms with Crippen molar-refractivity contribution in [3.8, 4) is 6.07 Å². The number of benzene rings is 2. The van der Waals surface area contributed by atoms with Crippen LogP contribution in [0.25, 0.3) is 0 Å². The van der Waals surface area contributed by atoms with E-state index in [2.05, 4.69) is 5.32 Å². The molecule has 0 aliphatic carbocycles. The molecule has 2 aromatic rings. The maximum absolute atomic E-state index is 11.9. The zero-order chi connectivity index (χ0) is 17.4. The third-order valence-electron chi connectivity index (χ3n) is 3.30. The fourth-order valence-electron chi connectivity index (χ4n) is 2.16. The third kappa shape index (κ3) is 5.14. The summed E-state index contributed by atoms with van der Waals surface area (Å²) in [5.74, 6) is -1.06. The summed E-state index contributed by atoms with van der Waals surface area (Å²) in [5.41, 5.74) is 1.75. The SMILES string of the molecule is N#Cc1cccc([C@H](CC(=O)O)NC(=O)OCc2ccccc2)c1. The molecule has 0 spiro atoms. The van der Waals surface area contributed by atoms with Crippen LogP contribution in [0, 0.1) is 11.3 Å². The molecule has 2 N–H and O–H groups in total. The van der Waals surface area contributed by atoms with Gasteiger partial charge in [0, 0.05) is 0 Å². The van der Waals surface area contributed by atoms with Crippen LogP contribution in [0.5, 0.6) is 0 Å². The van der Waals surface area contributed by atoms with Crippen LogP contribution in [0.1, 0.15) is 29.2 Å². The van der Waals surface area contributed by atoms with E-state index in [1.807, 2.05) is 36.4 Å². The van der Waals surface area contributed by atoms with E-state index < -0.39 is 18.1 Å². The molecule has 24 heavy (non-hydrogen) atoms. The fraction of sp³-hybridized carbons (Fsp3) is 0.167. The summed E-state index contributed by atoms with van der Waals surface area (Å²) >= 11 is 0. The van der Waals surface area contributed by atoms with Crippen molar-refractivity contribution in [2.45, 2.75) is 19.1 Å². The highest BCUT2D eigenvalue weighted by atomic mass is 16.5. The highest BCUT2D eigenvalue weighted by Crippen LogP contribution is 2.18. The fourth-order valence-corrected chi connectivity index (χ4v) is 2.16. The second kappa shape index (κ2) is 8.34. The minimum absolute atomic E-state index is 0.0880. The van der Waals surface area contributed by atoms with Crippen molar-refractivity contribution < 1.29 is 19.4 Å². The summed E-state index contributed by atoms with van der Waals surface area (Å²) in [7, 11) is 0. The lowest BCUT2D eigenvalue weighted by atomic mass is 10.0. The van der Waals surface area contributed by atoms with E-state index >= 15 is 0 Å². The second-order valence-electron chi connectivity index (χ2n) is 5.09. The molecule has 0 fully saturated rings. The molecule has 0 heterocycles. The molecular formula is C18H16N2O4. The maximum atomic E-state index is 11.9. The predicted molar refractivity (Wildman–Crippen MR) is 85.9 cm³/mol. The number of amides is 1. The summed E-state index contributed by atoms with van der Waals surface area (Å²) in [6.45, 7) is 0.0880. The molecule has 1 amide bonds. The number of ether oxygens (including phenoxy) is 1. The van der Waals surface area contributed by atoms with Gasteiger partial charge in [0.15, 0.2) is 0 Å². The molecule has 2 rings (SSSR count). The molecule has 0 unspecified atom stereocenters. The number of rotatable bonds is 6. The lowest BCUT2D eigenvalue weighted by Crippen LogP contribution is -2.30. The predicted octanol–water partition coefficient (Wildman–Crippen LogP) is 3.00. The van der Waals surface area contributed by atoms with Crippen molar-refractivity contribution in [2.75, 3.05) is 0 Å². The largest absolute Gasteiger partial charge is 0.481 e. The molecule has 0 saturated carbocycles. The smallest absolute Gasteiger partial charge is 0.407 e. The minimum atomic E-state index is -1.06. The van der Waals surface area contributed by atoms with Crippen LogP contribution in [0.15, 0.2) is 54.6 Å². The number of carboxylic acids is 1. The quantitative estimate of drug-likeness (QED) is 0.851. The number of hydrogen-bond acceptors (Lipinski definition) is 4. The van der Waals surface area contributed by atoms with Gasteiger partial charge in [0.25, 0.3) is 0 Å². The molecule has 0 aliphatic rings. The molecule has 0 bridgehead atoms. The number of carbonyl (C=O) groups is 2. The van der Waals surface area contributed by atoms with Crippen LogP contribution in [-0.4, -0.2) is 17.2 Å². The Bertz CT molecular complexity index is 753. The Labute approximate surface area is 139 Å². The Morgan fingerprint density at radius 3 is 2.58 bits per heavy atom. The first-order valence-electron chi connectivity index (χ1n) is 7.27. The summed E-state index contributed by atoms with van der Waals surface area (Å²) in [6.07, 6.45) is -1.03. The van der Waals surface area contributed by atoms with Crippen LogP contribution < -0.4 is 5.32 Å². The van der Waals surface area contributed by atoms with Crippen LogP contribution in [0.3, 0.4) is 0 Å². The van der Waals surface area contributed by atoms with Gasteiger partial charge >= 0.3 is 12.1 Å². The Hall–Kier alpha value is -3.33. The summed E-state index contributed by atoms with van der Waals surface area (Å²) in [4.78, 5) is 23.0. The number of aliphatic carboxylic acids is 1. The average molecular weight is 324 g/mol. The van der Waals surface area contributed by atoms with Crippen molar-refractivity contribution in [3.05, 3.63) is 71.3 Å². The summed E-state index contributed by atoms with van der Waals surface area (Å²) in [5, 5.41) is 20.5. The Balaban J connectivity index is 2.03. The van der Waals surface area contributed by atoms with Gasteiger partial charge in [-0.15, -0.1) is 0 Å². The topological polar surface area (TPSA) is 99.4 Å². The van der Waals surface area contributed by atoms with Gasteiger partial charge < -0.3 is 15.2 Å². The highest BCUT2D eigenvalue weighted by Gasteiger charge is 2.19. The van der Waals surface area contributed by atoms with Gasteiger partial charge in [-0.2, -0.15) is 5.26 Å². The summed E-state index contributed by atoms with van der Waals surface area (Å²) in [6, 6.07) is 16.8. The Kier molecular flexibility index (Phi) is 5.92. The molecule has 0 saturated heterocycles. The van der Waals surface area contributed by atoms with Gasteiger partial charge in [0.1, 0.15) is 6.61 Å². The van der Waals surface area contributed by atoms with Crippen LogP contribution in [0.4, 0.5) is 4.79 Å². The standard InChI is InChI=1S/C18H16N2O4/c19-11-14-7-4-8-15(9-14)16(10-17(21)22)20-18(23)24-12-13-5-2-1-3-6-13/h1-9,16H,10,12H2,(H,20,23)(H,21,22)/t16-/m0/s1. The second-order valence-corrected chi connectivity index (χ2v) is 5.09. The van der Waals surface area contributed by atoms with Gasteiger partial charge in [0.05, 0.1) is 24.1 Å². The Morgan fingerprint density at radius 1 is 1.17 bits per heavy atom. The number of nitrogens with zero attached hydrogens (tertiary/aromatic N) is 1. The Morgan fingerprint density at radius 2 is 1.92 bits per heavy atom. The minimum Gasteiger partial charge on any atom is -0.481 e. The van der Waals surface area contributed by atoms with Crippen LogP contribution >= 0.6 is 0 Å². The van der Waals surface area contributed by atoms with Gasteiger partial charge in [-0.3, -0.25) is 4.79 Å². The van der Waals surface area contributed by atoms with Gasteiger partial charge in [-0.25, -0.2) is 4.79 Å². The molecule has 6 nitrogen and oxygen atoms in total. The van der Waals surface area contributed by atoms with Crippen molar-refractivity contribution in [1.82, 2.24) is 5.32 Å². The van der Waals surface area contributed by atoms with E-state index in [0.717, 1.165) is 5.56 Å². The first-order chi connectivity index (χ1) is 11.6. The highest BCUT2D eigenvalue weighted by molar-refractivity contribution is 5.72. The first kappa shape index (κ1) is 17.0. The van der Waals surface area contributed by atoms with Crippen molar-refractivity contribution >= 4 is 12.1 Å². The number of nitrogens with one attached hydrogen (secondary N) is 1. The molecule has 1 atom stereocenters. The van der Waals surface area contributed by atoms with Crippen molar-refractivity contribution in [1.29, 1.82) is 5.26 Å². The molecule has 2 aromatic carbocycles. The van der Waals surface area contributed by atoms with Crippen LogP contribution in [-0.2, 0) is 16.1 Å². The average Bonchev–Trinajstić information content (AvgIpc) is 2.60. The lowest BCUT2D eigenvalue weighted by molar-refractivity contribution is -0.137. The number of carbonyl (C=O) groups excluding carboxylic acids is 1.